The summed E-state index contributed by atoms with van der Waals surface area (Å²) >= 11 is 0. The van der Waals surface area contributed by atoms with Crippen molar-refractivity contribution in [1.29, 1.82) is 0 Å². The van der Waals surface area contributed by atoms with Crippen LogP contribution >= 0.6 is 0 Å². The fourth-order valence-corrected chi connectivity index (χ4v) is 2.93. The van der Waals surface area contributed by atoms with Gasteiger partial charge in [0.15, 0.2) is 0 Å². The summed E-state index contributed by atoms with van der Waals surface area (Å²) in [5.41, 5.74) is 7.31. The van der Waals surface area contributed by atoms with E-state index in [1.807, 2.05) is 18.5 Å². The monoisotopic (exact) mass is 231 g/mol. The number of rotatable bonds is 3. The quantitative estimate of drug-likeness (QED) is 0.834. The average Bonchev–Trinajstić information content (AvgIpc) is 3.13. The van der Waals surface area contributed by atoms with E-state index in [9.17, 15) is 0 Å². The highest BCUT2D eigenvalue weighted by Crippen LogP contribution is 2.41. The van der Waals surface area contributed by atoms with Crippen LogP contribution in [0.25, 0.3) is 0 Å². The molecule has 3 nitrogen and oxygen atoms in total. The van der Waals surface area contributed by atoms with Crippen LogP contribution in [0.15, 0.2) is 24.5 Å². The van der Waals surface area contributed by atoms with Gasteiger partial charge < -0.3 is 11.1 Å². The van der Waals surface area contributed by atoms with Gasteiger partial charge in [-0.3, -0.25) is 4.98 Å². The van der Waals surface area contributed by atoms with Gasteiger partial charge in [0.1, 0.15) is 0 Å². The van der Waals surface area contributed by atoms with E-state index >= 15 is 0 Å². The first kappa shape index (κ1) is 11.2. The predicted molar refractivity (Wildman–Crippen MR) is 68.8 cm³/mol. The van der Waals surface area contributed by atoms with E-state index in [1.165, 1.54) is 37.7 Å². The van der Waals surface area contributed by atoms with Gasteiger partial charge in [0.2, 0.25) is 0 Å². The SMILES string of the molecule is N[C@H]1CC[C@@H](N[C@H]2C[C@@H]2c2cccnc2)CC1. The summed E-state index contributed by atoms with van der Waals surface area (Å²) in [7, 11) is 0. The zero-order valence-corrected chi connectivity index (χ0v) is 10.2. The third-order valence-corrected chi connectivity index (χ3v) is 4.12. The molecule has 1 heterocycles. The average molecular weight is 231 g/mol. The van der Waals surface area contributed by atoms with E-state index in [2.05, 4.69) is 16.4 Å². The van der Waals surface area contributed by atoms with Gasteiger partial charge in [0.05, 0.1) is 0 Å². The Labute approximate surface area is 103 Å². The maximum Gasteiger partial charge on any atom is 0.0303 e. The molecule has 2 aliphatic rings. The molecule has 2 aliphatic carbocycles. The molecule has 0 aromatic carbocycles. The normalized spacial score (nSPS) is 36.8. The molecule has 0 radical (unpaired) electrons. The third kappa shape index (κ3) is 2.67. The summed E-state index contributed by atoms with van der Waals surface area (Å²) in [5, 5.41) is 3.78. The van der Waals surface area contributed by atoms with Crippen LogP contribution in [0.4, 0.5) is 0 Å². The van der Waals surface area contributed by atoms with Crippen molar-refractivity contribution in [2.24, 2.45) is 5.73 Å². The molecular weight excluding hydrogens is 210 g/mol. The van der Waals surface area contributed by atoms with E-state index in [1.54, 1.807) is 0 Å². The predicted octanol–water partition coefficient (Wildman–Crippen LogP) is 1.80. The van der Waals surface area contributed by atoms with Crippen molar-refractivity contribution in [3.63, 3.8) is 0 Å². The van der Waals surface area contributed by atoms with Crippen molar-refractivity contribution in [3.05, 3.63) is 30.1 Å². The Morgan fingerprint density at radius 3 is 2.76 bits per heavy atom. The molecule has 17 heavy (non-hydrogen) atoms. The first-order chi connectivity index (χ1) is 8.33. The van der Waals surface area contributed by atoms with Gasteiger partial charge in [-0.2, -0.15) is 0 Å². The zero-order chi connectivity index (χ0) is 11.7. The Balaban J connectivity index is 1.49. The van der Waals surface area contributed by atoms with Gasteiger partial charge >= 0.3 is 0 Å². The molecule has 3 N–H and O–H groups in total. The van der Waals surface area contributed by atoms with Gasteiger partial charge in [0, 0.05) is 36.4 Å². The highest BCUT2D eigenvalue weighted by atomic mass is 15.0. The standard InChI is InChI=1S/C14H21N3/c15-11-3-5-12(6-4-11)17-14-8-13(14)10-2-1-7-16-9-10/h1-2,7,9,11-14,17H,3-6,8,15H2/t11-,12+,13-,14+/m1/s1. The maximum absolute atomic E-state index is 5.93. The summed E-state index contributed by atoms with van der Waals surface area (Å²) < 4.78 is 0. The number of hydrogen-bond acceptors (Lipinski definition) is 3. The van der Waals surface area contributed by atoms with Crippen molar-refractivity contribution in [2.45, 2.75) is 56.1 Å². The van der Waals surface area contributed by atoms with Crippen LogP contribution < -0.4 is 11.1 Å². The Kier molecular flexibility index (Phi) is 3.12. The van der Waals surface area contributed by atoms with E-state index in [-0.39, 0.29) is 0 Å². The molecular formula is C14H21N3. The van der Waals surface area contributed by atoms with Gasteiger partial charge in [0.25, 0.3) is 0 Å². The number of pyridine rings is 1. The minimum Gasteiger partial charge on any atom is -0.328 e. The molecule has 2 atom stereocenters. The molecule has 3 rings (SSSR count). The second-order valence-electron chi connectivity index (χ2n) is 5.51. The van der Waals surface area contributed by atoms with Crippen LogP contribution in [0.3, 0.4) is 0 Å². The first-order valence-electron chi connectivity index (χ1n) is 6.74. The molecule has 0 amide bonds. The lowest BCUT2D eigenvalue weighted by Gasteiger charge is -2.27. The third-order valence-electron chi connectivity index (χ3n) is 4.12. The van der Waals surface area contributed by atoms with Crippen molar-refractivity contribution < 1.29 is 0 Å². The van der Waals surface area contributed by atoms with Crippen molar-refractivity contribution in [3.8, 4) is 0 Å². The van der Waals surface area contributed by atoms with Crippen LogP contribution in [-0.2, 0) is 0 Å². The van der Waals surface area contributed by atoms with Gasteiger partial charge in [-0.15, -0.1) is 0 Å². The highest BCUT2D eigenvalue weighted by Gasteiger charge is 2.39. The van der Waals surface area contributed by atoms with E-state index < -0.39 is 0 Å². The molecule has 1 aromatic rings. The molecule has 2 fully saturated rings. The van der Waals surface area contributed by atoms with Crippen LogP contribution in [0.2, 0.25) is 0 Å². The van der Waals surface area contributed by atoms with Crippen molar-refractivity contribution >= 4 is 0 Å². The highest BCUT2D eigenvalue weighted by molar-refractivity contribution is 5.24. The Hall–Kier alpha value is -0.930. The number of aromatic nitrogens is 1. The lowest BCUT2D eigenvalue weighted by molar-refractivity contribution is 0.339. The minimum absolute atomic E-state index is 0.446. The lowest BCUT2D eigenvalue weighted by atomic mass is 9.92. The molecule has 0 unspecified atom stereocenters. The fraction of sp³-hybridized carbons (Fsp3) is 0.643. The van der Waals surface area contributed by atoms with E-state index in [0.29, 0.717) is 24.0 Å². The van der Waals surface area contributed by atoms with Gasteiger partial charge in [-0.1, -0.05) is 6.07 Å². The van der Waals surface area contributed by atoms with Crippen LogP contribution in [0, 0.1) is 0 Å². The number of nitrogens with one attached hydrogen (secondary N) is 1. The first-order valence-corrected chi connectivity index (χ1v) is 6.74. The molecule has 92 valence electrons. The molecule has 0 saturated heterocycles. The van der Waals surface area contributed by atoms with Gasteiger partial charge in [-0.25, -0.2) is 0 Å². The largest absolute Gasteiger partial charge is 0.328 e. The topological polar surface area (TPSA) is 50.9 Å². The summed E-state index contributed by atoms with van der Waals surface area (Å²) in [5.74, 6) is 0.694. The summed E-state index contributed by atoms with van der Waals surface area (Å²) in [6.45, 7) is 0. The van der Waals surface area contributed by atoms with Crippen molar-refractivity contribution in [2.75, 3.05) is 0 Å². The Bertz CT molecular complexity index is 357. The second-order valence-corrected chi connectivity index (χ2v) is 5.51. The lowest BCUT2D eigenvalue weighted by Crippen LogP contribution is -2.38. The van der Waals surface area contributed by atoms with E-state index in [4.69, 9.17) is 5.73 Å². The molecule has 0 spiro atoms. The number of nitrogens with zero attached hydrogens (tertiary/aromatic N) is 1. The van der Waals surface area contributed by atoms with Crippen molar-refractivity contribution in [1.82, 2.24) is 10.3 Å². The number of nitrogens with two attached hydrogens (primary N) is 1. The Morgan fingerprint density at radius 2 is 2.06 bits per heavy atom. The Morgan fingerprint density at radius 1 is 1.24 bits per heavy atom. The summed E-state index contributed by atoms with van der Waals surface area (Å²) in [6.07, 6.45) is 9.98. The molecule has 0 aliphatic heterocycles. The smallest absolute Gasteiger partial charge is 0.0303 e. The van der Waals surface area contributed by atoms with Crippen LogP contribution in [-0.4, -0.2) is 23.1 Å². The van der Waals surface area contributed by atoms with Crippen LogP contribution in [0.1, 0.15) is 43.6 Å². The van der Waals surface area contributed by atoms with E-state index in [0.717, 1.165) is 0 Å². The molecule has 3 heteroatoms. The number of hydrogen-bond donors (Lipinski definition) is 2. The summed E-state index contributed by atoms with van der Waals surface area (Å²) in [4.78, 5) is 4.19. The summed E-state index contributed by atoms with van der Waals surface area (Å²) in [6, 6.07) is 6.04. The fourth-order valence-electron chi connectivity index (χ4n) is 2.93. The minimum atomic E-state index is 0.446. The molecule has 1 aromatic heterocycles. The second kappa shape index (κ2) is 4.75. The van der Waals surface area contributed by atoms with Gasteiger partial charge in [-0.05, 0) is 43.7 Å². The maximum atomic E-state index is 5.93. The molecule has 2 saturated carbocycles. The molecule has 0 bridgehead atoms. The van der Waals surface area contributed by atoms with Crippen LogP contribution in [0.5, 0.6) is 0 Å². The zero-order valence-electron chi connectivity index (χ0n) is 10.2.